The number of hydrogen-bond donors (Lipinski definition) is 3. The Balaban J connectivity index is 1.93. The van der Waals surface area contributed by atoms with E-state index in [9.17, 15) is 14.4 Å². The zero-order chi connectivity index (χ0) is 26.0. The molecule has 0 saturated carbocycles. The summed E-state index contributed by atoms with van der Waals surface area (Å²) in [5.74, 6) is -0.791. The number of carbonyl (C=O) groups is 3. The summed E-state index contributed by atoms with van der Waals surface area (Å²) in [6.45, 7) is 4.83. The van der Waals surface area contributed by atoms with Gasteiger partial charge in [-0.25, -0.2) is 9.97 Å². The fourth-order valence-corrected chi connectivity index (χ4v) is 3.28. The van der Waals surface area contributed by atoms with Gasteiger partial charge in [0.2, 0.25) is 11.8 Å². The second-order valence-electron chi connectivity index (χ2n) is 8.45. The van der Waals surface area contributed by atoms with Gasteiger partial charge in [-0.2, -0.15) is 0 Å². The van der Waals surface area contributed by atoms with Crippen LogP contribution in [0.4, 0.5) is 11.5 Å². The maximum atomic E-state index is 12.2. The zero-order valence-electron chi connectivity index (χ0n) is 21.1. The lowest BCUT2D eigenvalue weighted by Gasteiger charge is -2.15. The van der Waals surface area contributed by atoms with Gasteiger partial charge in [-0.1, -0.05) is 25.1 Å². The van der Waals surface area contributed by atoms with Crippen LogP contribution in [0.2, 0.25) is 0 Å². The number of carbonyl (C=O) groups excluding carboxylic acids is 3. The molecule has 2 rings (SSSR count). The molecule has 35 heavy (non-hydrogen) atoms. The number of aryl methyl sites for hydroxylation is 2. The van der Waals surface area contributed by atoms with E-state index in [4.69, 9.17) is 5.73 Å². The Bertz CT molecular complexity index is 1080. The van der Waals surface area contributed by atoms with E-state index in [1.54, 1.807) is 13.1 Å². The fraction of sp³-hybridized carbons (Fsp3) is 0.400. The van der Waals surface area contributed by atoms with Crippen LogP contribution in [0.15, 0.2) is 36.4 Å². The quantitative estimate of drug-likeness (QED) is 0.391. The van der Waals surface area contributed by atoms with Gasteiger partial charge in [0, 0.05) is 31.9 Å². The van der Waals surface area contributed by atoms with Crippen LogP contribution < -0.4 is 16.4 Å². The number of nitrogens with one attached hydrogen (secondary N) is 2. The molecule has 188 valence electrons. The van der Waals surface area contributed by atoms with Crippen LogP contribution in [0, 0.1) is 6.92 Å². The molecule has 1 aromatic carbocycles. The Labute approximate surface area is 206 Å². The smallest absolute Gasteiger partial charge is 0.271 e. The fourth-order valence-electron chi connectivity index (χ4n) is 3.28. The second kappa shape index (κ2) is 13.2. The molecule has 1 aromatic heterocycles. The molecular weight excluding hydrogens is 446 g/mol. The van der Waals surface area contributed by atoms with Crippen LogP contribution in [-0.4, -0.2) is 78.3 Å². The van der Waals surface area contributed by atoms with Crippen LogP contribution in [0.1, 0.15) is 34.4 Å². The summed E-state index contributed by atoms with van der Waals surface area (Å²) < 4.78 is 0. The molecule has 0 unspecified atom stereocenters. The van der Waals surface area contributed by atoms with E-state index in [-0.39, 0.29) is 24.1 Å². The van der Waals surface area contributed by atoms with Crippen molar-refractivity contribution in [2.75, 3.05) is 46.1 Å². The van der Waals surface area contributed by atoms with Gasteiger partial charge in [-0.3, -0.25) is 14.4 Å². The van der Waals surface area contributed by atoms with Crippen molar-refractivity contribution in [1.82, 2.24) is 25.1 Å². The summed E-state index contributed by atoms with van der Waals surface area (Å²) in [4.78, 5) is 48.3. The summed E-state index contributed by atoms with van der Waals surface area (Å²) in [6.07, 6.45) is 4.47. The summed E-state index contributed by atoms with van der Waals surface area (Å²) in [6, 6.07) is 7.57. The highest BCUT2D eigenvalue weighted by Crippen LogP contribution is 2.20. The van der Waals surface area contributed by atoms with Gasteiger partial charge in [-0.15, -0.1) is 0 Å². The number of anilines is 2. The molecule has 10 nitrogen and oxygen atoms in total. The standard InChI is InChI=1S/C25H35N7O3/c1-6-20-17(2)28-25(23(30-20)24(26)35)29-19-10-7-9-18(15-19)12-13-27-21(33)16-32(5)22(34)11-8-14-31(3)4/h7-11,15H,6,12-14,16H2,1-5H3,(H2,26,35)(H,27,33)(H,28,29)/b11-8+. The van der Waals surface area contributed by atoms with Crippen LogP contribution in [0.5, 0.6) is 0 Å². The molecule has 0 radical (unpaired) electrons. The maximum absolute atomic E-state index is 12.2. The van der Waals surface area contributed by atoms with Crippen molar-refractivity contribution in [1.29, 1.82) is 0 Å². The van der Waals surface area contributed by atoms with E-state index in [0.717, 1.165) is 22.6 Å². The molecular formula is C25H35N7O3. The second-order valence-corrected chi connectivity index (χ2v) is 8.45. The highest BCUT2D eigenvalue weighted by Gasteiger charge is 2.15. The number of nitrogens with zero attached hydrogens (tertiary/aromatic N) is 4. The van der Waals surface area contributed by atoms with Crippen molar-refractivity contribution >= 4 is 29.2 Å². The van der Waals surface area contributed by atoms with Gasteiger partial charge < -0.3 is 26.2 Å². The van der Waals surface area contributed by atoms with Crippen molar-refractivity contribution < 1.29 is 14.4 Å². The van der Waals surface area contributed by atoms with Gasteiger partial charge in [0.1, 0.15) is 0 Å². The van der Waals surface area contributed by atoms with E-state index < -0.39 is 5.91 Å². The first-order chi connectivity index (χ1) is 16.6. The molecule has 1 heterocycles. The third-order valence-corrected chi connectivity index (χ3v) is 5.15. The van der Waals surface area contributed by atoms with Gasteiger partial charge in [0.15, 0.2) is 11.5 Å². The van der Waals surface area contributed by atoms with Crippen LogP contribution in [-0.2, 0) is 22.4 Å². The highest BCUT2D eigenvalue weighted by atomic mass is 16.2. The van der Waals surface area contributed by atoms with Crippen molar-refractivity contribution in [3.63, 3.8) is 0 Å². The number of hydrogen-bond acceptors (Lipinski definition) is 7. The van der Waals surface area contributed by atoms with Crippen molar-refractivity contribution in [3.8, 4) is 0 Å². The largest absolute Gasteiger partial charge is 0.364 e. The molecule has 0 aliphatic carbocycles. The van der Waals surface area contributed by atoms with E-state index in [2.05, 4.69) is 20.6 Å². The molecule has 0 atom stereocenters. The lowest BCUT2D eigenvalue weighted by Crippen LogP contribution is -2.38. The number of rotatable bonds is 12. The average Bonchev–Trinajstić information content (AvgIpc) is 2.79. The minimum Gasteiger partial charge on any atom is -0.364 e. The highest BCUT2D eigenvalue weighted by molar-refractivity contribution is 5.96. The first-order valence-electron chi connectivity index (χ1n) is 11.5. The number of likely N-dealkylation sites (N-methyl/N-ethyl adjacent to an activating group) is 2. The minimum absolute atomic E-state index is 0.0194. The molecule has 0 fully saturated rings. The van der Waals surface area contributed by atoms with Crippen molar-refractivity contribution in [2.24, 2.45) is 5.73 Å². The normalized spacial score (nSPS) is 11.0. The van der Waals surface area contributed by atoms with E-state index in [1.165, 1.54) is 11.0 Å². The summed E-state index contributed by atoms with van der Waals surface area (Å²) >= 11 is 0. The first-order valence-corrected chi connectivity index (χ1v) is 11.5. The van der Waals surface area contributed by atoms with Crippen LogP contribution in [0.25, 0.3) is 0 Å². The maximum Gasteiger partial charge on any atom is 0.271 e. The zero-order valence-corrected chi connectivity index (χ0v) is 21.1. The van der Waals surface area contributed by atoms with E-state index in [1.807, 2.05) is 57.1 Å². The average molecular weight is 482 g/mol. The Morgan fingerprint density at radius 1 is 1.14 bits per heavy atom. The van der Waals surface area contributed by atoms with Crippen LogP contribution >= 0.6 is 0 Å². The molecule has 0 aliphatic rings. The third-order valence-electron chi connectivity index (χ3n) is 5.15. The Morgan fingerprint density at radius 2 is 1.89 bits per heavy atom. The lowest BCUT2D eigenvalue weighted by molar-refractivity contribution is -0.131. The molecule has 0 aliphatic heterocycles. The van der Waals surface area contributed by atoms with Crippen LogP contribution in [0.3, 0.4) is 0 Å². The van der Waals surface area contributed by atoms with Gasteiger partial charge in [-0.05, 0) is 51.6 Å². The molecule has 4 N–H and O–H groups in total. The van der Waals surface area contributed by atoms with Gasteiger partial charge >= 0.3 is 0 Å². The third kappa shape index (κ3) is 8.82. The first kappa shape index (κ1) is 27.5. The molecule has 0 bridgehead atoms. The Morgan fingerprint density at radius 3 is 2.54 bits per heavy atom. The molecule has 2 aromatic rings. The predicted molar refractivity (Wildman–Crippen MR) is 136 cm³/mol. The topological polar surface area (TPSA) is 134 Å². The SMILES string of the molecule is CCc1nc(C(N)=O)c(Nc2cccc(CCNC(=O)CN(C)C(=O)/C=C/CN(C)C)c2)nc1C. The molecule has 10 heteroatoms. The van der Waals surface area contributed by atoms with E-state index in [0.29, 0.717) is 31.7 Å². The molecule has 0 saturated heterocycles. The minimum atomic E-state index is -0.648. The van der Waals surface area contributed by atoms with Crippen molar-refractivity contribution in [3.05, 3.63) is 59.1 Å². The Hall–Kier alpha value is -3.79. The Kier molecular flexibility index (Phi) is 10.3. The summed E-state index contributed by atoms with van der Waals surface area (Å²) in [5, 5.41) is 5.97. The number of aromatic nitrogens is 2. The summed E-state index contributed by atoms with van der Waals surface area (Å²) in [5.41, 5.74) is 8.76. The monoisotopic (exact) mass is 481 g/mol. The predicted octanol–water partition coefficient (Wildman–Crippen LogP) is 1.42. The lowest BCUT2D eigenvalue weighted by atomic mass is 10.1. The molecule has 0 spiro atoms. The number of primary amides is 1. The van der Waals surface area contributed by atoms with Gasteiger partial charge in [0.25, 0.3) is 5.91 Å². The van der Waals surface area contributed by atoms with Crippen molar-refractivity contribution in [2.45, 2.75) is 26.7 Å². The summed E-state index contributed by atoms with van der Waals surface area (Å²) in [7, 11) is 5.42. The number of amides is 3. The van der Waals surface area contributed by atoms with E-state index >= 15 is 0 Å². The van der Waals surface area contributed by atoms with Gasteiger partial charge in [0.05, 0.1) is 17.9 Å². The number of benzene rings is 1. The number of nitrogens with two attached hydrogens (primary N) is 1. The molecule has 3 amide bonds.